The van der Waals surface area contributed by atoms with E-state index in [1.54, 1.807) is 17.1 Å². The van der Waals surface area contributed by atoms with Crippen LogP contribution in [0.2, 0.25) is 0 Å². The number of hydrogen-bond donors (Lipinski definition) is 1. The Morgan fingerprint density at radius 1 is 1.25 bits per heavy atom. The molecule has 1 heterocycles. The van der Waals surface area contributed by atoms with Gasteiger partial charge in [0.25, 0.3) is 0 Å². The zero-order chi connectivity index (χ0) is 22.7. The van der Waals surface area contributed by atoms with E-state index in [2.05, 4.69) is 24.3 Å². The van der Waals surface area contributed by atoms with Crippen LogP contribution in [0, 0.1) is 52.3 Å². The van der Waals surface area contributed by atoms with Crippen LogP contribution in [-0.2, 0) is 11.3 Å². The van der Waals surface area contributed by atoms with Crippen molar-refractivity contribution >= 4 is 17.5 Å². The van der Waals surface area contributed by atoms with Gasteiger partial charge >= 0.3 is 0 Å². The third-order valence-corrected chi connectivity index (χ3v) is 11.0. The molecule has 0 bridgehead atoms. The summed E-state index contributed by atoms with van der Waals surface area (Å²) in [6.45, 7) is 4.73. The van der Waals surface area contributed by atoms with Crippen LogP contribution in [0.3, 0.4) is 0 Å². The summed E-state index contributed by atoms with van der Waals surface area (Å²) >= 11 is 2.03. The smallest absolute Gasteiger partial charge is 0.157 e. The number of fused-ring (bicyclic) bond motifs is 5. The van der Waals surface area contributed by atoms with E-state index in [1.165, 1.54) is 25.7 Å². The zero-order valence-electron chi connectivity index (χ0n) is 19.7. The van der Waals surface area contributed by atoms with Crippen LogP contribution in [-0.4, -0.2) is 37.8 Å². The number of hydrogen-bond acceptors (Lipinski definition) is 5. The number of Topliss-reactive ketones (excluding diaryl/α,β-unsaturated/α-hetero) is 1. The third-order valence-electron chi connectivity index (χ3n) is 9.95. The number of aliphatic hydroxyl groups is 1. The fraction of sp³-hybridized carbons (Fsp3) is 0.808. The SMILES string of the molecule is CSC1C[C@]2(C)[C@@H](C(=O)Cn3cc(C#N)cn3)CC[C@H]2[C@@H]2CC[C@@H]3C[C@](C)(O)CC[C@@H]3[C@@H]12. The van der Waals surface area contributed by atoms with Crippen molar-refractivity contribution < 1.29 is 9.90 Å². The van der Waals surface area contributed by atoms with Crippen molar-refractivity contribution in [3.05, 3.63) is 18.0 Å². The molecule has 0 radical (unpaired) electrons. The number of thioether (sulfide) groups is 1. The van der Waals surface area contributed by atoms with Gasteiger partial charge in [0.15, 0.2) is 5.78 Å². The molecule has 4 saturated carbocycles. The molecule has 1 aromatic heterocycles. The molecule has 0 aliphatic heterocycles. The van der Waals surface area contributed by atoms with Crippen molar-refractivity contribution in [2.75, 3.05) is 6.26 Å². The van der Waals surface area contributed by atoms with Crippen molar-refractivity contribution in [2.24, 2.45) is 40.9 Å². The molecule has 6 heteroatoms. The molecule has 32 heavy (non-hydrogen) atoms. The summed E-state index contributed by atoms with van der Waals surface area (Å²) in [4.78, 5) is 13.4. The first-order valence-electron chi connectivity index (χ1n) is 12.5. The molecule has 0 aromatic carbocycles. The van der Waals surface area contributed by atoms with Crippen molar-refractivity contribution in [1.29, 1.82) is 5.26 Å². The van der Waals surface area contributed by atoms with Crippen LogP contribution < -0.4 is 0 Å². The number of rotatable bonds is 4. The second-order valence-corrected chi connectivity index (χ2v) is 12.8. The van der Waals surface area contributed by atoms with Crippen LogP contribution in [0.4, 0.5) is 0 Å². The third kappa shape index (κ3) is 3.64. The molecular weight excluding hydrogens is 418 g/mol. The van der Waals surface area contributed by atoms with Gasteiger partial charge in [0.2, 0.25) is 0 Å². The number of carbonyl (C=O) groups excluding carboxylic acids is 1. The first-order chi connectivity index (χ1) is 15.3. The molecule has 0 amide bonds. The molecule has 0 saturated heterocycles. The number of ketones is 1. The van der Waals surface area contributed by atoms with Crippen molar-refractivity contribution in [3.63, 3.8) is 0 Å². The van der Waals surface area contributed by atoms with E-state index in [0.717, 1.165) is 43.4 Å². The van der Waals surface area contributed by atoms with E-state index in [9.17, 15) is 9.90 Å². The molecule has 1 unspecified atom stereocenters. The highest BCUT2D eigenvalue weighted by molar-refractivity contribution is 7.99. The Hall–Kier alpha value is -1.32. The number of nitrogens with zero attached hydrogens (tertiary/aromatic N) is 3. The first kappa shape index (κ1) is 22.5. The van der Waals surface area contributed by atoms with Crippen LogP contribution in [0.25, 0.3) is 0 Å². The van der Waals surface area contributed by atoms with Crippen LogP contribution in [0.5, 0.6) is 0 Å². The Kier molecular flexibility index (Phi) is 5.73. The van der Waals surface area contributed by atoms with Gasteiger partial charge in [-0.3, -0.25) is 9.48 Å². The fourth-order valence-corrected chi connectivity index (χ4v) is 9.91. The molecule has 5 nitrogen and oxygen atoms in total. The molecule has 4 aliphatic rings. The van der Waals surface area contributed by atoms with Crippen LogP contribution in [0.1, 0.15) is 70.8 Å². The van der Waals surface area contributed by atoms with Crippen molar-refractivity contribution in [2.45, 2.75) is 82.6 Å². The average molecular weight is 456 g/mol. The lowest BCUT2D eigenvalue weighted by atomic mass is 9.48. The Morgan fingerprint density at radius 2 is 2.06 bits per heavy atom. The molecule has 0 spiro atoms. The quantitative estimate of drug-likeness (QED) is 0.713. The zero-order valence-corrected chi connectivity index (χ0v) is 20.5. The lowest BCUT2D eigenvalue weighted by molar-refractivity contribution is -0.132. The molecule has 4 aliphatic carbocycles. The number of carbonyl (C=O) groups is 1. The van der Waals surface area contributed by atoms with E-state index >= 15 is 0 Å². The van der Waals surface area contributed by atoms with E-state index < -0.39 is 5.60 Å². The second kappa shape index (κ2) is 8.17. The molecule has 174 valence electrons. The van der Waals surface area contributed by atoms with Crippen molar-refractivity contribution in [1.82, 2.24) is 9.78 Å². The molecule has 5 rings (SSSR count). The standard InChI is InChI=1S/C26H37N3O2S/c1-25(31)9-8-18-17(10-25)4-5-19-20-6-7-21(26(20,2)11-23(32-3)24(18)19)22(30)15-29-14-16(12-27)13-28-29/h13-14,17-21,23-24,31H,4-11,15H2,1-3H3/t17-,18+,19+,20+,21-,23?,24-,25-,26+/m1/s1. The molecule has 1 aromatic rings. The lowest BCUT2D eigenvalue weighted by Gasteiger charge is -2.59. The summed E-state index contributed by atoms with van der Waals surface area (Å²) in [5, 5.41) is 24.6. The molecule has 9 atom stereocenters. The van der Waals surface area contributed by atoms with E-state index in [-0.39, 0.29) is 17.9 Å². The largest absolute Gasteiger partial charge is 0.390 e. The van der Waals surface area contributed by atoms with E-state index in [4.69, 9.17) is 5.26 Å². The highest BCUT2D eigenvalue weighted by Gasteiger charge is 2.61. The highest BCUT2D eigenvalue weighted by Crippen LogP contribution is 2.66. The van der Waals surface area contributed by atoms with E-state index in [1.807, 2.05) is 18.7 Å². The summed E-state index contributed by atoms with van der Waals surface area (Å²) in [6, 6.07) is 2.10. The van der Waals surface area contributed by atoms with Crippen molar-refractivity contribution in [3.8, 4) is 6.07 Å². The maximum absolute atomic E-state index is 13.4. The van der Waals surface area contributed by atoms with Crippen LogP contribution in [0.15, 0.2) is 12.4 Å². The van der Waals surface area contributed by atoms with E-state index in [0.29, 0.717) is 28.4 Å². The summed E-state index contributed by atoms with van der Waals surface area (Å²) < 4.78 is 1.65. The minimum Gasteiger partial charge on any atom is -0.390 e. The molecule has 1 N–H and O–H groups in total. The summed E-state index contributed by atoms with van der Waals surface area (Å²) in [7, 11) is 0. The topological polar surface area (TPSA) is 78.9 Å². The number of nitriles is 1. The second-order valence-electron chi connectivity index (χ2n) is 11.7. The van der Waals surface area contributed by atoms with Gasteiger partial charge in [-0.1, -0.05) is 6.92 Å². The average Bonchev–Trinajstić information content (AvgIpc) is 3.35. The van der Waals surface area contributed by atoms with Gasteiger partial charge in [-0.2, -0.15) is 22.1 Å². The predicted octanol–water partition coefficient (Wildman–Crippen LogP) is 4.69. The van der Waals surface area contributed by atoms with Gasteiger partial charge in [0, 0.05) is 17.4 Å². The van der Waals surface area contributed by atoms with Gasteiger partial charge < -0.3 is 5.11 Å². The minimum absolute atomic E-state index is 0.0735. The Labute approximate surface area is 196 Å². The Morgan fingerprint density at radius 3 is 2.78 bits per heavy atom. The Balaban J connectivity index is 1.37. The summed E-state index contributed by atoms with van der Waals surface area (Å²) in [5.74, 6) is 3.93. The van der Waals surface area contributed by atoms with Gasteiger partial charge in [-0.15, -0.1) is 0 Å². The van der Waals surface area contributed by atoms with Gasteiger partial charge in [-0.25, -0.2) is 0 Å². The molecule has 4 fully saturated rings. The summed E-state index contributed by atoms with van der Waals surface area (Å²) in [6.07, 6.45) is 14.4. The fourth-order valence-electron chi connectivity index (χ4n) is 8.67. The molecular formula is C26H37N3O2S. The maximum Gasteiger partial charge on any atom is 0.157 e. The summed E-state index contributed by atoms with van der Waals surface area (Å²) in [5.41, 5.74) is 0.110. The minimum atomic E-state index is -0.477. The first-order valence-corrected chi connectivity index (χ1v) is 13.7. The van der Waals surface area contributed by atoms with Gasteiger partial charge in [-0.05, 0) is 99.6 Å². The van der Waals surface area contributed by atoms with Crippen LogP contribution >= 0.6 is 11.8 Å². The lowest BCUT2D eigenvalue weighted by Crippen LogP contribution is -2.55. The normalized spacial score (nSPS) is 45.4. The predicted molar refractivity (Wildman–Crippen MR) is 126 cm³/mol. The maximum atomic E-state index is 13.4. The van der Waals surface area contributed by atoms with Gasteiger partial charge in [0.1, 0.15) is 6.07 Å². The highest BCUT2D eigenvalue weighted by atomic mass is 32.2. The number of aromatic nitrogens is 2. The Bertz CT molecular complexity index is 920. The monoisotopic (exact) mass is 455 g/mol. The van der Waals surface area contributed by atoms with Gasteiger partial charge in [0.05, 0.1) is 23.9 Å².